The molecule has 2 aromatic carbocycles. The van der Waals surface area contributed by atoms with Crippen LogP contribution in [0.4, 0.5) is 5.69 Å². The summed E-state index contributed by atoms with van der Waals surface area (Å²) in [5.74, 6) is 0.0488. The van der Waals surface area contributed by atoms with Crippen molar-refractivity contribution >= 4 is 23.4 Å². The zero-order valence-corrected chi connectivity index (χ0v) is 14.5. The average Bonchev–Trinajstić information content (AvgIpc) is 2.61. The van der Waals surface area contributed by atoms with Crippen molar-refractivity contribution in [3.05, 3.63) is 54.1 Å². The van der Waals surface area contributed by atoms with Crippen molar-refractivity contribution in [1.82, 2.24) is 0 Å². The van der Waals surface area contributed by atoms with Gasteiger partial charge in [-0.2, -0.15) is 0 Å². The number of esters is 1. The quantitative estimate of drug-likeness (QED) is 0.455. The van der Waals surface area contributed by atoms with Crippen molar-refractivity contribution in [3.63, 3.8) is 0 Å². The van der Waals surface area contributed by atoms with Gasteiger partial charge in [-0.25, -0.2) is 4.79 Å². The summed E-state index contributed by atoms with van der Waals surface area (Å²) < 4.78 is 10.1. The molecule has 128 valence electrons. The van der Waals surface area contributed by atoms with Crippen LogP contribution in [0.15, 0.2) is 53.4 Å². The fourth-order valence-electron chi connectivity index (χ4n) is 2.18. The van der Waals surface area contributed by atoms with Gasteiger partial charge in [0.15, 0.2) is 6.10 Å². The molecule has 2 rings (SSSR count). The molecule has 0 aliphatic heterocycles. The number of benzene rings is 2. The zero-order valence-electron chi connectivity index (χ0n) is 13.6. The van der Waals surface area contributed by atoms with E-state index in [2.05, 4.69) is 0 Å². The molecule has 0 spiro atoms. The van der Waals surface area contributed by atoms with Gasteiger partial charge < -0.3 is 20.3 Å². The highest BCUT2D eigenvalue weighted by Crippen LogP contribution is 2.41. The van der Waals surface area contributed by atoms with E-state index in [-0.39, 0.29) is 6.61 Å². The first kappa shape index (κ1) is 18.2. The molecule has 24 heavy (non-hydrogen) atoms. The molecule has 5 nitrogen and oxygen atoms in total. The predicted octanol–water partition coefficient (Wildman–Crippen LogP) is 3.03. The summed E-state index contributed by atoms with van der Waals surface area (Å²) in [6.45, 7) is 1.92. The third-order valence-corrected chi connectivity index (χ3v) is 4.84. The molecule has 0 heterocycles. The first-order valence-corrected chi connectivity index (χ1v) is 8.44. The third-order valence-electron chi connectivity index (χ3n) is 3.43. The van der Waals surface area contributed by atoms with Crippen molar-refractivity contribution in [3.8, 4) is 5.75 Å². The Bertz CT molecular complexity index is 675. The van der Waals surface area contributed by atoms with Crippen LogP contribution in [0.3, 0.4) is 0 Å². The maximum absolute atomic E-state index is 12.0. The lowest BCUT2D eigenvalue weighted by molar-refractivity contribution is -0.153. The number of rotatable bonds is 7. The summed E-state index contributed by atoms with van der Waals surface area (Å²) in [5, 5.41) is 9.93. The molecule has 0 unspecified atom stereocenters. The van der Waals surface area contributed by atoms with Crippen molar-refractivity contribution < 1.29 is 19.4 Å². The highest BCUT2D eigenvalue weighted by molar-refractivity contribution is 7.99. The van der Waals surface area contributed by atoms with Gasteiger partial charge in [0.05, 0.1) is 19.0 Å². The number of thioether (sulfide) groups is 1. The van der Waals surface area contributed by atoms with E-state index in [1.807, 2.05) is 30.3 Å². The standard InChI is InChI=1S/C18H21NO4S/c1-3-23-18(21)16(20)17(12-8-10-13(22-2)11-9-12)24-15-7-5-4-6-14(15)19/h4-11,16-17,20H,3,19H2,1-2H3/t16-,17+/m1/s1. The van der Waals surface area contributed by atoms with Crippen molar-refractivity contribution in [1.29, 1.82) is 0 Å². The van der Waals surface area contributed by atoms with Crippen LogP contribution < -0.4 is 10.5 Å². The number of carbonyl (C=O) groups is 1. The molecule has 6 heteroatoms. The van der Waals surface area contributed by atoms with Gasteiger partial charge in [0.1, 0.15) is 5.75 Å². The summed E-state index contributed by atoms with van der Waals surface area (Å²) in [6.07, 6.45) is -1.30. The third kappa shape index (κ3) is 4.43. The summed E-state index contributed by atoms with van der Waals surface area (Å²) in [5.41, 5.74) is 7.37. The lowest BCUT2D eigenvalue weighted by Gasteiger charge is -2.22. The highest BCUT2D eigenvalue weighted by Gasteiger charge is 2.30. The number of ether oxygens (including phenoxy) is 2. The van der Waals surface area contributed by atoms with Crippen LogP contribution in [-0.4, -0.2) is 30.9 Å². The van der Waals surface area contributed by atoms with E-state index in [0.29, 0.717) is 11.4 Å². The van der Waals surface area contributed by atoms with Crippen LogP contribution in [-0.2, 0) is 9.53 Å². The van der Waals surface area contributed by atoms with E-state index in [1.165, 1.54) is 11.8 Å². The van der Waals surface area contributed by atoms with Gasteiger partial charge in [-0.1, -0.05) is 24.3 Å². The summed E-state index contributed by atoms with van der Waals surface area (Å²) >= 11 is 1.33. The van der Waals surface area contributed by atoms with Crippen molar-refractivity contribution in [2.75, 3.05) is 19.5 Å². The van der Waals surface area contributed by atoms with Gasteiger partial charge in [0.25, 0.3) is 0 Å². The largest absolute Gasteiger partial charge is 0.497 e. The highest BCUT2D eigenvalue weighted by atomic mass is 32.2. The number of aliphatic hydroxyl groups excluding tert-OH is 1. The second kappa shape index (κ2) is 8.61. The molecule has 0 aliphatic rings. The van der Waals surface area contributed by atoms with Crippen LogP contribution in [0.1, 0.15) is 17.7 Å². The summed E-state index contributed by atoms with van der Waals surface area (Å²) in [7, 11) is 1.58. The number of nitrogens with two attached hydrogens (primary N) is 1. The van der Waals surface area contributed by atoms with Gasteiger partial charge in [0.2, 0.25) is 0 Å². The number of anilines is 1. The molecule has 2 atom stereocenters. The Morgan fingerprint density at radius 2 is 1.88 bits per heavy atom. The summed E-state index contributed by atoms with van der Waals surface area (Å²) in [4.78, 5) is 12.8. The average molecular weight is 347 g/mol. The molecular formula is C18H21NO4S. The molecule has 3 N–H and O–H groups in total. The van der Waals surface area contributed by atoms with Gasteiger partial charge in [-0.05, 0) is 36.8 Å². The number of aliphatic hydroxyl groups is 1. The second-order valence-corrected chi connectivity index (χ2v) is 6.23. The molecule has 0 saturated carbocycles. The normalized spacial score (nSPS) is 13.1. The molecule has 2 aromatic rings. The Kier molecular flexibility index (Phi) is 6.52. The Balaban J connectivity index is 2.32. The number of methoxy groups -OCH3 is 1. The molecule has 0 radical (unpaired) electrons. The topological polar surface area (TPSA) is 81.8 Å². The summed E-state index contributed by atoms with van der Waals surface area (Å²) in [6, 6.07) is 14.5. The minimum absolute atomic E-state index is 0.212. The lowest BCUT2D eigenvalue weighted by atomic mass is 10.1. The Morgan fingerprint density at radius 1 is 1.21 bits per heavy atom. The Labute approximate surface area is 145 Å². The fraction of sp³-hybridized carbons (Fsp3) is 0.278. The van der Waals surface area contributed by atoms with Gasteiger partial charge in [-0.15, -0.1) is 11.8 Å². The zero-order chi connectivity index (χ0) is 17.5. The van der Waals surface area contributed by atoms with Gasteiger partial charge in [0, 0.05) is 10.6 Å². The van der Waals surface area contributed by atoms with Crippen LogP contribution >= 0.6 is 11.8 Å². The molecule has 0 bridgehead atoms. The van der Waals surface area contributed by atoms with Crippen molar-refractivity contribution in [2.24, 2.45) is 0 Å². The first-order valence-electron chi connectivity index (χ1n) is 7.56. The van der Waals surface area contributed by atoms with E-state index < -0.39 is 17.3 Å². The molecule has 0 fully saturated rings. The van der Waals surface area contributed by atoms with E-state index in [9.17, 15) is 9.90 Å². The van der Waals surface area contributed by atoms with Crippen LogP contribution in [0, 0.1) is 0 Å². The molecule has 0 amide bonds. The van der Waals surface area contributed by atoms with E-state index in [0.717, 1.165) is 10.5 Å². The second-order valence-electron chi connectivity index (χ2n) is 5.05. The smallest absolute Gasteiger partial charge is 0.336 e. The van der Waals surface area contributed by atoms with Crippen LogP contribution in [0.25, 0.3) is 0 Å². The number of hydrogen-bond acceptors (Lipinski definition) is 6. The lowest BCUT2D eigenvalue weighted by Crippen LogP contribution is -2.28. The Morgan fingerprint density at radius 3 is 2.46 bits per heavy atom. The van der Waals surface area contributed by atoms with Crippen LogP contribution in [0.5, 0.6) is 5.75 Å². The maximum atomic E-state index is 12.0. The minimum Gasteiger partial charge on any atom is -0.497 e. The van der Waals surface area contributed by atoms with Crippen molar-refractivity contribution in [2.45, 2.75) is 23.2 Å². The van der Waals surface area contributed by atoms with E-state index >= 15 is 0 Å². The number of carbonyl (C=O) groups excluding carboxylic acids is 1. The molecule has 0 aliphatic carbocycles. The predicted molar refractivity (Wildman–Crippen MR) is 95.1 cm³/mol. The van der Waals surface area contributed by atoms with Crippen LogP contribution in [0.2, 0.25) is 0 Å². The SMILES string of the molecule is CCOC(=O)[C@H](O)[C@@H](Sc1ccccc1N)c1ccc(OC)cc1. The molecule has 0 saturated heterocycles. The minimum atomic E-state index is -1.30. The Hall–Kier alpha value is -2.18. The first-order chi connectivity index (χ1) is 11.6. The molecular weight excluding hydrogens is 326 g/mol. The number of hydrogen-bond donors (Lipinski definition) is 2. The van der Waals surface area contributed by atoms with E-state index in [4.69, 9.17) is 15.2 Å². The number of para-hydroxylation sites is 1. The molecule has 0 aromatic heterocycles. The number of nitrogen functional groups attached to an aromatic ring is 1. The fourth-order valence-corrected chi connectivity index (χ4v) is 3.35. The van der Waals surface area contributed by atoms with Gasteiger partial charge in [-0.3, -0.25) is 0 Å². The van der Waals surface area contributed by atoms with E-state index in [1.54, 1.807) is 32.2 Å². The monoisotopic (exact) mass is 347 g/mol. The maximum Gasteiger partial charge on any atom is 0.336 e. The van der Waals surface area contributed by atoms with Gasteiger partial charge >= 0.3 is 5.97 Å².